The summed E-state index contributed by atoms with van der Waals surface area (Å²) in [4.78, 5) is 1.94. The van der Waals surface area contributed by atoms with Crippen molar-refractivity contribution in [2.24, 2.45) is 5.73 Å². The molecular formula is C13H21ClN2O2S. The van der Waals surface area contributed by atoms with E-state index in [1.807, 2.05) is 43.1 Å². The van der Waals surface area contributed by atoms with Gasteiger partial charge in [-0.25, -0.2) is 8.42 Å². The second-order valence-corrected chi connectivity index (χ2v) is 7.60. The molecule has 0 aliphatic heterocycles. The average Bonchev–Trinajstić information content (AvgIpc) is 2.28. The minimum atomic E-state index is -2.99. The minimum Gasteiger partial charge on any atom is -0.326 e. The summed E-state index contributed by atoms with van der Waals surface area (Å²) in [6.07, 6.45) is 1.23. The van der Waals surface area contributed by atoms with E-state index in [0.717, 1.165) is 5.56 Å². The van der Waals surface area contributed by atoms with Crippen LogP contribution in [0.25, 0.3) is 0 Å². The Balaban J connectivity index is 2.93. The fraction of sp³-hybridized carbons (Fsp3) is 0.538. The first-order chi connectivity index (χ1) is 8.72. The van der Waals surface area contributed by atoms with Gasteiger partial charge in [-0.3, -0.25) is 4.90 Å². The normalized spacial score (nSPS) is 15.5. The molecule has 0 amide bonds. The van der Waals surface area contributed by atoms with E-state index in [0.29, 0.717) is 11.6 Å². The van der Waals surface area contributed by atoms with Crippen LogP contribution in [0.5, 0.6) is 0 Å². The first-order valence-electron chi connectivity index (χ1n) is 6.10. The van der Waals surface area contributed by atoms with Crippen LogP contribution in [-0.4, -0.2) is 45.0 Å². The van der Waals surface area contributed by atoms with Gasteiger partial charge in [0, 0.05) is 23.9 Å². The van der Waals surface area contributed by atoms with Crippen molar-refractivity contribution in [3.8, 4) is 0 Å². The molecular weight excluding hydrogens is 284 g/mol. The summed E-state index contributed by atoms with van der Waals surface area (Å²) in [5.74, 6) is 0.108. The average molecular weight is 305 g/mol. The molecule has 1 aromatic rings. The summed E-state index contributed by atoms with van der Waals surface area (Å²) in [7, 11) is -1.12. The molecule has 1 rings (SSSR count). The summed E-state index contributed by atoms with van der Waals surface area (Å²) in [5, 5.41) is 0.649. The topological polar surface area (TPSA) is 63.4 Å². The highest BCUT2D eigenvalue weighted by Crippen LogP contribution is 2.28. The molecule has 0 spiro atoms. The van der Waals surface area contributed by atoms with E-state index >= 15 is 0 Å². The van der Waals surface area contributed by atoms with Crippen molar-refractivity contribution >= 4 is 21.4 Å². The number of likely N-dealkylation sites (N-methyl/N-ethyl adjacent to an activating group) is 1. The van der Waals surface area contributed by atoms with Crippen LogP contribution in [0.2, 0.25) is 5.02 Å². The van der Waals surface area contributed by atoms with Crippen LogP contribution in [-0.2, 0) is 9.84 Å². The molecule has 0 aromatic heterocycles. The zero-order valence-corrected chi connectivity index (χ0v) is 13.1. The number of hydrogen-bond acceptors (Lipinski definition) is 4. The van der Waals surface area contributed by atoms with Gasteiger partial charge < -0.3 is 5.73 Å². The van der Waals surface area contributed by atoms with Gasteiger partial charge in [0.15, 0.2) is 0 Å². The monoisotopic (exact) mass is 304 g/mol. The third-order valence-corrected chi connectivity index (χ3v) is 4.28. The van der Waals surface area contributed by atoms with Crippen molar-refractivity contribution in [1.29, 1.82) is 0 Å². The first-order valence-corrected chi connectivity index (χ1v) is 8.54. The van der Waals surface area contributed by atoms with Gasteiger partial charge in [-0.05, 0) is 25.6 Å². The molecule has 0 aliphatic carbocycles. The predicted molar refractivity (Wildman–Crippen MR) is 80.2 cm³/mol. The highest BCUT2D eigenvalue weighted by molar-refractivity contribution is 7.90. The lowest BCUT2D eigenvalue weighted by atomic mass is 9.99. The molecule has 4 nitrogen and oxygen atoms in total. The minimum absolute atomic E-state index is 0.101. The number of nitrogens with zero attached hydrogens (tertiary/aromatic N) is 1. The van der Waals surface area contributed by atoms with E-state index in [2.05, 4.69) is 0 Å². The Morgan fingerprint density at radius 2 is 1.95 bits per heavy atom. The Morgan fingerprint density at radius 1 is 1.37 bits per heavy atom. The number of rotatable bonds is 6. The molecule has 0 bridgehead atoms. The van der Waals surface area contributed by atoms with E-state index in [1.54, 1.807) is 0 Å². The van der Waals surface area contributed by atoms with Gasteiger partial charge in [0.2, 0.25) is 0 Å². The van der Waals surface area contributed by atoms with Crippen LogP contribution < -0.4 is 5.73 Å². The van der Waals surface area contributed by atoms with Crippen LogP contribution in [0.3, 0.4) is 0 Å². The van der Waals surface area contributed by atoms with Gasteiger partial charge in [0.05, 0.1) is 11.8 Å². The molecule has 0 fully saturated rings. The molecule has 0 saturated heterocycles. The first kappa shape index (κ1) is 16.4. The number of sulfone groups is 1. The molecule has 108 valence electrons. The molecule has 0 saturated carbocycles. The van der Waals surface area contributed by atoms with Gasteiger partial charge in [0.1, 0.15) is 9.84 Å². The Hall–Kier alpha value is -0.620. The quantitative estimate of drug-likeness (QED) is 0.869. The SMILES string of the molecule is CC(N)C(c1ccccc1Cl)N(C)CCS(C)(=O)=O. The largest absolute Gasteiger partial charge is 0.326 e. The number of nitrogens with two attached hydrogens (primary N) is 1. The highest BCUT2D eigenvalue weighted by Gasteiger charge is 2.23. The lowest BCUT2D eigenvalue weighted by molar-refractivity contribution is 0.231. The third-order valence-electron chi connectivity index (χ3n) is 3.01. The highest BCUT2D eigenvalue weighted by atomic mass is 35.5. The van der Waals surface area contributed by atoms with Crippen LogP contribution in [0.15, 0.2) is 24.3 Å². The van der Waals surface area contributed by atoms with E-state index < -0.39 is 9.84 Å². The third kappa shape index (κ3) is 5.10. The van der Waals surface area contributed by atoms with Crippen molar-refractivity contribution in [3.05, 3.63) is 34.9 Å². The second-order valence-electron chi connectivity index (χ2n) is 4.94. The van der Waals surface area contributed by atoms with Crippen LogP contribution in [0, 0.1) is 0 Å². The molecule has 0 heterocycles. The van der Waals surface area contributed by atoms with Gasteiger partial charge in [-0.2, -0.15) is 0 Å². The van der Waals surface area contributed by atoms with Crippen molar-refractivity contribution in [3.63, 3.8) is 0 Å². The lowest BCUT2D eigenvalue weighted by Crippen LogP contribution is -2.39. The van der Waals surface area contributed by atoms with Gasteiger partial charge in [-0.15, -0.1) is 0 Å². The maximum absolute atomic E-state index is 11.2. The maximum Gasteiger partial charge on any atom is 0.148 e. The zero-order chi connectivity index (χ0) is 14.6. The molecule has 1 aromatic carbocycles. The summed E-state index contributed by atoms with van der Waals surface area (Å²) in [5.41, 5.74) is 6.95. The van der Waals surface area contributed by atoms with Gasteiger partial charge in [0.25, 0.3) is 0 Å². The van der Waals surface area contributed by atoms with Crippen LogP contribution >= 0.6 is 11.6 Å². The number of benzene rings is 1. The second kappa shape index (κ2) is 6.70. The predicted octanol–water partition coefficient (Wildman–Crippen LogP) is 1.70. The zero-order valence-electron chi connectivity index (χ0n) is 11.5. The molecule has 2 N–H and O–H groups in total. The van der Waals surface area contributed by atoms with Crippen LogP contribution in [0.4, 0.5) is 0 Å². The van der Waals surface area contributed by atoms with Crippen molar-refractivity contribution < 1.29 is 8.42 Å². The van der Waals surface area contributed by atoms with E-state index in [4.69, 9.17) is 17.3 Å². The molecule has 19 heavy (non-hydrogen) atoms. The standard InChI is InChI=1S/C13H21ClN2O2S/c1-10(15)13(11-6-4-5-7-12(11)14)16(2)8-9-19(3,17)18/h4-7,10,13H,8-9,15H2,1-3H3. The van der Waals surface area contributed by atoms with Crippen molar-refractivity contribution in [2.45, 2.75) is 19.0 Å². The molecule has 0 radical (unpaired) electrons. The van der Waals surface area contributed by atoms with Crippen molar-refractivity contribution in [2.75, 3.05) is 25.6 Å². The van der Waals surface area contributed by atoms with E-state index in [9.17, 15) is 8.42 Å². The Bertz CT molecular complexity index is 517. The van der Waals surface area contributed by atoms with Crippen molar-refractivity contribution in [1.82, 2.24) is 4.90 Å². The summed E-state index contributed by atoms with van der Waals surface area (Å²) < 4.78 is 22.5. The summed E-state index contributed by atoms with van der Waals surface area (Å²) in [6.45, 7) is 2.32. The Kier molecular flexibility index (Phi) is 5.80. The van der Waals surface area contributed by atoms with Crippen LogP contribution in [0.1, 0.15) is 18.5 Å². The van der Waals surface area contributed by atoms with E-state index in [1.165, 1.54) is 6.26 Å². The summed E-state index contributed by atoms with van der Waals surface area (Å²) in [6, 6.07) is 7.26. The Morgan fingerprint density at radius 3 is 2.42 bits per heavy atom. The Labute approximate surface area is 120 Å². The smallest absolute Gasteiger partial charge is 0.148 e. The maximum atomic E-state index is 11.2. The fourth-order valence-electron chi connectivity index (χ4n) is 2.09. The van der Waals surface area contributed by atoms with Gasteiger partial charge in [-0.1, -0.05) is 29.8 Å². The number of halogens is 1. The molecule has 0 aliphatic rings. The lowest BCUT2D eigenvalue weighted by Gasteiger charge is -2.31. The van der Waals surface area contributed by atoms with E-state index in [-0.39, 0.29) is 17.8 Å². The van der Waals surface area contributed by atoms with Gasteiger partial charge >= 0.3 is 0 Å². The molecule has 2 unspecified atom stereocenters. The number of hydrogen-bond donors (Lipinski definition) is 1. The molecule has 6 heteroatoms. The fourth-order valence-corrected chi connectivity index (χ4v) is 2.95. The summed E-state index contributed by atoms with van der Waals surface area (Å²) >= 11 is 6.20. The molecule has 2 atom stereocenters.